The summed E-state index contributed by atoms with van der Waals surface area (Å²) in [7, 11) is 0. The molecule has 1 N–H and O–H groups in total. The second-order valence-electron chi connectivity index (χ2n) is 6.71. The van der Waals surface area contributed by atoms with Gasteiger partial charge in [0.15, 0.2) is 5.69 Å². The zero-order chi connectivity index (χ0) is 21.8. The third kappa shape index (κ3) is 4.95. The molecule has 0 aliphatic carbocycles. The van der Waals surface area contributed by atoms with Crippen molar-refractivity contribution in [1.82, 2.24) is 19.4 Å². The Morgan fingerprint density at radius 3 is 2.47 bits per heavy atom. The van der Waals surface area contributed by atoms with Gasteiger partial charge in [-0.1, -0.05) is 48.7 Å². The van der Waals surface area contributed by atoms with E-state index in [0.29, 0.717) is 44.3 Å². The molecule has 0 atom stereocenters. The Kier molecular flexibility index (Phi) is 7.36. The predicted octanol–water partition coefficient (Wildman–Crippen LogP) is 5.49. The van der Waals surface area contributed by atoms with Crippen LogP contribution in [0.3, 0.4) is 0 Å². The Balaban J connectivity index is 2.21. The van der Waals surface area contributed by atoms with Crippen molar-refractivity contribution in [2.45, 2.75) is 26.9 Å². The second kappa shape index (κ2) is 9.79. The molecular weight excluding hydrogens is 447 g/mol. The maximum atomic E-state index is 12.3. The fraction of sp³-hybridized carbons (Fsp3) is 0.286. The van der Waals surface area contributed by atoms with Crippen LogP contribution in [-0.2, 0) is 13.1 Å². The number of hydrogen-bond donors (Lipinski definition) is 1. The number of carboxylic acid groups (broad SMARTS) is 1. The molecule has 30 heavy (non-hydrogen) atoms. The molecule has 6 nitrogen and oxygen atoms in total. The van der Waals surface area contributed by atoms with Gasteiger partial charge in [0, 0.05) is 34.5 Å². The molecule has 0 fully saturated rings. The normalized spacial score (nSPS) is 11.3. The first kappa shape index (κ1) is 22.6. The lowest BCUT2D eigenvalue weighted by Crippen LogP contribution is -2.24. The summed E-state index contributed by atoms with van der Waals surface area (Å²) in [6.07, 6.45) is 3.12. The highest BCUT2D eigenvalue weighted by molar-refractivity contribution is 6.33. The lowest BCUT2D eigenvalue weighted by atomic mass is 10.2. The van der Waals surface area contributed by atoms with Crippen LogP contribution in [0.15, 0.2) is 36.7 Å². The van der Waals surface area contributed by atoms with E-state index < -0.39 is 5.97 Å². The molecule has 9 heteroatoms. The lowest BCUT2D eigenvalue weighted by molar-refractivity contribution is 0.0683. The monoisotopic (exact) mass is 466 g/mol. The van der Waals surface area contributed by atoms with Crippen molar-refractivity contribution in [3.05, 3.63) is 68.7 Å². The van der Waals surface area contributed by atoms with E-state index in [2.05, 4.69) is 9.88 Å². The van der Waals surface area contributed by atoms with Crippen LogP contribution < -0.4 is 0 Å². The van der Waals surface area contributed by atoms with E-state index in [1.54, 1.807) is 35.0 Å². The number of carboxylic acids is 1. The highest BCUT2D eigenvalue weighted by Crippen LogP contribution is 2.29. The van der Waals surface area contributed by atoms with E-state index in [4.69, 9.17) is 39.8 Å². The van der Waals surface area contributed by atoms with Gasteiger partial charge in [-0.2, -0.15) is 0 Å². The van der Waals surface area contributed by atoms with Gasteiger partial charge >= 0.3 is 5.97 Å². The standard InChI is InChI=1S/C21H21Cl3N4O2/c1-3-27(4-2)12-18-19(21(29)30)28(11-14-8-15(22)5-6-17(14)24)20(26-18)13-7-16(23)10-25-9-13/h5-10H,3-4,11-12H2,1-2H3,(H,29,30). The van der Waals surface area contributed by atoms with Gasteiger partial charge in [-0.25, -0.2) is 9.78 Å². The van der Waals surface area contributed by atoms with Crippen LogP contribution in [0.2, 0.25) is 15.1 Å². The van der Waals surface area contributed by atoms with Crippen LogP contribution in [0.5, 0.6) is 0 Å². The topological polar surface area (TPSA) is 71.2 Å². The third-order valence-electron chi connectivity index (χ3n) is 4.81. The Morgan fingerprint density at radius 1 is 1.10 bits per heavy atom. The van der Waals surface area contributed by atoms with Crippen LogP contribution in [-0.4, -0.2) is 43.6 Å². The summed E-state index contributed by atoms with van der Waals surface area (Å²) in [6, 6.07) is 6.81. The van der Waals surface area contributed by atoms with Gasteiger partial charge in [-0.15, -0.1) is 0 Å². The fourth-order valence-electron chi connectivity index (χ4n) is 3.25. The minimum atomic E-state index is -1.07. The minimum Gasteiger partial charge on any atom is -0.477 e. The molecule has 0 spiro atoms. The first-order chi connectivity index (χ1) is 14.3. The molecule has 0 unspecified atom stereocenters. The van der Waals surface area contributed by atoms with Crippen molar-refractivity contribution in [2.75, 3.05) is 13.1 Å². The number of rotatable bonds is 8. The van der Waals surface area contributed by atoms with Crippen LogP contribution >= 0.6 is 34.8 Å². The highest BCUT2D eigenvalue weighted by atomic mass is 35.5. The molecule has 0 saturated heterocycles. The lowest BCUT2D eigenvalue weighted by Gasteiger charge is -2.17. The molecule has 0 saturated carbocycles. The van der Waals surface area contributed by atoms with Gasteiger partial charge in [0.05, 0.1) is 17.3 Å². The maximum Gasteiger partial charge on any atom is 0.354 e. The number of aromatic nitrogens is 3. The van der Waals surface area contributed by atoms with Crippen molar-refractivity contribution in [3.63, 3.8) is 0 Å². The van der Waals surface area contributed by atoms with Crippen LogP contribution in [0.4, 0.5) is 0 Å². The zero-order valence-electron chi connectivity index (χ0n) is 16.6. The quantitative estimate of drug-likeness (QED) is 0.474. The van der Waals surface area contributed by atoms with Crippen molar-refractivity contribution in [1.29, 1.82) is 0 Å². The smallest absolute Gasteiger partial charge is 0.354 e. The van der Waals surface area contributed by atoms with E-state index in [1.165, 1.54) is 6.20 Å². The molecule has 158 valence electrons. The summed E-state index contributed by atoms with van der Waals surface area (Å²) >= 11 is 18.6. The summed E-state index contributed by atoms with van der Waals surface area (Å²) in [6.45, 7) is 6.19. The molecule has 3 rings (SSSR count). The molecule has 0 bridgehead atoms. The number of carbonyl (C=O) groups is 1. The molecule has 0 radical (unpaired) electrons. The van der Waals surface area contributed by atoms with E-state index in [0.717, 1.165) is 13.1 Å². The zero-order valence-corrected chi connectivity index (χ0v) is 18.8. The molecule has 2 heterocycles. The summed E-state index contributed by atoms with van der Waals surface area (Å²) in [5.41, 5.74) is 1.89. The molecule has 3 aromatic rings. The maximum absolute atomic E-state index is 12.3. The van der Waals surface area contributed by atoms with E-state index in [9.17, 15) is 9.90 Å². The summed E-state index contributed by atoms with van der Waals surface area (Å²) < 4.78 is 1.63. The average molecular weight is 468 g/mol. The van der Waals surface area contributed by atoms with E-state index in [1.807, 2.05) is 13.8 Å². The molecule has 1 aromatic carbocycles. The Hall–Kier alpha value is -2.12. The number of nitrogens with zero attached hydrogens (tertiary/aromatic N) is 4. The first-order valence-electron chi connectivity index (χ1n) is 9.43. The Morgan fingerprint density at radius 2 is 1.83 bits per heavy atom. The second-order valence-corrected chi connectivity index (χ2v) is 7.99. The predicted molar refractivity (Wildman–Crippen MR) is 120 cm³/mol. The Labute approximate surface area is 190 Å². The number of pyridine rings is 1. The van der Waals surface area contributed by atoms with Crippen molar-refractivity contribution < 1.29 is 9.90 Å². The third-order valence-corrected chi connectivity index (χ3v) is 5.62. The molecular formula is C21H21Cl3N4O2. The number of aromatic carboxylic acids is 1. The largest absolute Gasteiger partial charge is 0.477 e. The SMILES string of the molecule is CCN(CC)Cc1nc(-c2cncc(Cl)c2)n(Cc2cc(Cl)ccc2Cl)c1C(=O)O. The highest BCUT2D eigenvalue weighted by Gasteiger charge is 2.25. The number of hydrogen-bond acceptors (Lipinski definition) is 4. The molecule has 0 amide bonds. The van der Waals surface area contributed by atoms with Gasteiger partial charge in [0.2, 0.25) is 0 Å². The van der Waals surface area contributed by atoms with Gasteiger partial charge in [0.1, 0.15) is 5.82 Å². The number of imidazole rings is 1. The van der Waals surface area contributed by atoms with Crippen molar-refractivity contribution in [3.8, 4) is 11.4 Å². The summed E-state index contributed by atoms with van der Waals surface area (Å²) in [5.74, 6) is -0.607. The van der Waals surface area contributed by atoms with Crippen LogP contribution in [0, 0.1) is 0 Å². The van der Waals surface area contributed by atoms with Gasteiger partial charge in [0.25, 0.3) is 0 Å². The van der Waals surface area contributed by atoms with Gasteiger partial charge < -0.3 is 9.67 Å². The van der Waals surface area contributed by atoms with Crippen molar-refractivity contribution >= 4 is 40.8 Å². The van der Waals surface area contributed by atoms with Crippen LogP contribution in [0.25, 0.3) is 11.4 Å². The van der Waals surface area contributed by atoms with E-state index >= 15 is 0 Å². The van der Waals surface area contributed by atoms with Crippen LogP contribution in [0.1, 0.15) is 35.6 Å². The van der Waals surface area contributed by atoms with E-state index in [-0.39, 0.29) is 12.2 Å². The minimum absolute atomic E-state index is 0.105. The molecule has 0 aliphatic heterocycles. The summed E-state index contributed by atoms with van der Waals surface area (Å²) in [4.78, 5) is 23.2. The fourth-order valence-corrected chi connectivity index (χ4v) is 3.80. The molecule has 0 aliphatic rings. The average Bonchev–Trinajstić information content (AvgIpc) is 3.07. The number of halogens is 3. The summed E-state index contributed by atoms with van der Waals surface area (Å²) in [5, 5.41) is 11.5. The van der Waals surface area contributed by atoms with Gasteiger partial charge in [-0.05, 0) is 42.9 Å². The van der Waals surface area contributed by atoms with Gasteiger partial charge in [-0.3, -0.25) is 9.88 Å². The number of benzene rings is 1. The molecule has 2 aromatic heterocycles. The Bertz CT molecular complexity index is 1060. The first-order valence-corrected chi connectivity index (χ1v) is 10.6. The van der Waals surface area contributed by atoms with Crippen molar-refractivity contribution in [2.24, 2.45) is 0 Å².